The maximum Gasteiger partial charge on any atom is 1.00 e. The van der Waals surface area contributed by atoms with Crippen molar-refractivity contribution in [2.45, 2.75) is 154 Å². The summed E-state index contributed by atoms with van der Waals surface area (Å²) in [5.41, 5.74) is 0. The molecule has 238 valence electrons. The monoisotopic (exact) mass is 620 g/mol. The second kappa shape index (κ2) is 33.3. The summed E-state index contributed by atoms with van der Waals surface area (Å²) in [5, 5.41) is 32.4. The average molecular weight is 621 g/mol. The Balaban J connectivity index is -0.000000248. The van der Waals surface area contributed by atoms with Crippen LogP contribution in [0.25, 0.3) is 0 Å². The van der Waals surface area contributed by atoms with E-state index in [2.05, 4.69) is 13.8 Å². The number of unbranched alkanes of at least 4 members (excludes halogenated alkanes) is 16. The van der Waals surface area contributed by atoms with Gasteiger partial charge in [0.1, 0.15) is 5.25 Å². The van der Waals surface area contributed by atoms with Gasteiger partial charge in [0.05, 0.1) is 12.4 Å². The smallest absolute Gasteiger partial charge is 0.549 e. The van der Waals surface area contributed by atoms with Gasteiger partial charge in [-0.3, -0.25) is 18.9 Å². The van der Waals surface area contributed by atoms with E-state index in [1.165, 1.54) is 89.9 Å². The number of carboxylic acid groups (broad SMARTS) is 4. The Morgan fingerprint density at radius 3 is 1.00 bits per heavy atom. The summed E-state index contributed by atoms with van der Waals surface area (Å²) in [5.74, 6) is -5.11. The minimum atomic E-state index is -4.90. The Morgan fingerprint density at radius 2 is 0.829 bits per heavy atom. The van der Waals surface area contributed by atoms with Gasteiger partial charge in [0.25, 0.3) is 10.1 Å². The number of hydrogen-bond acceptors (Lipinski definition) is 7. The molecule has 0 heterocycles. The van der Waals surface area contributed by atoms with Gasteiger partial charge in [0.2, 0.25) is 0 Å². The van der Waals surface area contributed by atoms with Gasteiger partial charge >= 0.3 is 47.5 Å². The first-order chi connectivity index (χ1) is 18.8. The van der Waals surface area contributed by atoms with Crippen LogP contribution in [0.5, 0.6) is 0 Å². The Labute approximate surface area is 268 Å². The molecule has 0 aromatic rings. The molecule has 0 aliphatic rings. The molecule has 11 nitrogen and oxygen atoms in total. The number of aliphatic carboxylic acids is 4. The van der Waals surface area contributed by atoms with Crippen molar-refractivity contribution >= 4 is 34.0 Å². The van der Waals surface area contributed by atoms with Gasteiger partial charge in [-0.2, -0.15) is 8.42 Å². The molecule has 0 saturated heterocycles. The zero-order valence-electron chi connectivity index (χ0n) is 25.5. The van der Waals surface area contributed by atoms with Crippen molar-refractivity contribution in [2.24, 2.45) is 0 Å². The number of carbonyl (C=O) groups excluding carboxylic acids is 1. The molecule has 0 amide bonds. The predicted molar refractivity (Wildman–Crippen MR) is 152 cm³/mol. The van der Waals surface area contributed by atoms with E-state index in [1.54, 1.807) is 0 Å². The molecule has 41 heavy (non-hydrogen) atoms. The van der Waals surface area contributed by atoms with Crippen molar-refractivity contribution < 1.29 is 82.1 Å². The van der Waals surface area contributed by atoms with Crippen molar-refractivity contribution in [2.75, 3.05) is 0 Å². The predicted octanol–water partition coefficient (Wildman–Crippen LogP) is 2.46. The van der Waals surface area contributed by atoms with Crippen LogP contribution in [-0.4, -0.2) is 57.4 Å². The molecule has 0 fully saturated rings. The van der Waals surface area contributed by atoms with Crippen LogP contribution in [0.2, 0.25) is 0 Å². The Hall–Kier alpha value is -1.21. The maximum atomic E-state index is 10.2. The summed E-state index contributed by atoms with van der Waals surface area (Å²) < 4.78 is 28.5. The average Bonchev–Trinajstić information content (AvgIpc) is 2.85. The number of hydrogen-bond donors (Lipinski definition) is 4. The van der Waals surface area contributed by atoms with Gasteiger partial charge in [0, 0.05) is 12.8 Å². The first-order valence-electron chi connectivity index (χ1n) is 14.6. The molecule has 0 rings (SSSR count). The van der Waals surface area contributed by atoms with E-state index in [4.69, 9.17) is 19.9 Å². The number of carbonyl (C=O) groups is 4. The third-order valence-corrected chi connectivity index (χ3v) is 7.05. The summed E-state index contributed by atoms with van der Waals surface area (Å²) in [6.45, 7) is 4.46. The maximum absolute atomic E-state index is 10.2. The molecular formula is C28H53NaO11S. The van der Waals surface area contributed by atoms with Crippen molar-refractivity contribution in [1.29, 1.82) is 0 Å². The van der Waals surface area contributed by atoms with Crippen molar-refractivity contribution in [1.82, 2.24) is 0 Å². The van der Waals surface area contributed by atoms with Crippen LogP contribution >= 0.6 is 0 Å². The standard InChI is InChI=1S/2C12H24O2.C4H6O7S.Na/c2*1-2-3-4-5-6-7-8-9-10-11-12(13)14;5-3(6)1-2(4(7)8)12(9,10)11;/h2*2-11H2,1H3,(H,13,14);2H,1H2,(H,5,6)(H,7,8)(H,9,10,11);/q;;;+1/p-1. The molecule has 1 unspecified atom stereocenters. The van der Waals surface area contributed by atoms with Crippen molar-refractivity contribution in [3.63, 3.8) is 0 Å². The molecule has 0 bridgehead atoms. The molecule has 0 spiro atoms. The van der Waals surface area contributed by atoms with Crippen LogP contribution in [0.1, 0.15) is 149 Å². The summed E-state index contributed by atoms with van der Waals surface area (Å²) in [4.78, 5) is 40.3. The molecule has 0 aromatic carbocycles. The van der Waals surface area contributed by atoms with Crippen LogP contribution in [0.15, 0.2) is 0 Å². The van der Waals surface area contributed by atoms with Crippen LogP contribution < -0.4 is 34.7 Å². The summed E-state index contributed by atoms with van der Waals surface area (Å²) in [6, 6.07) is 0. The normalized spacial score (nSPS) is 11.1. The zero-order chi connectivity index (χ0) is 31.2. The summed E-state index contributed by atoms with van der Waals surface area (Å²) in [6.07, 6.45) is 21.7. The molecule has 0 aromatic heterocycles. The van der Waals surface area contributed by atoms with E-state index < -0.39 is 45.7 Å². The van der Waals surface area contributed by atoms with E-state index in [0.717, 1.165) is 25.7 Å². The van der Waals surface area contributed by atoms with E-state index in [0.29, 0.717) is 12.8 Å². The fraction of sp³-hybridized carbons (Fsp3) is 0.857. The third kappa shape index (κ3) is 43.4. The molecule has 0 aliphatic heterocycles. The summed E-state index contributed by atoms with van der Waals surface area (Å²) in [7, 11) is -4.90. The van der Waals surface area contributed by atoms with Crippen LogP contribution in [-0.2, 0) is 29.3 Å². The fourth-order valence-electron chi connectivity index (χ4n) is 3.64. The van der Waals surface area contributed by atoms with Crippen LogP contribution in [0.3, 0.4) is 0 Å². The van der Waals surface area contributed by atoms with E-state index in [1.807, 2.05) is 0 Å². The summed E-state index contributed by atoms with van der Waals surface area (Å²) >= 11 is 0. The quantitative estimate of drug-likeness (QED) is 0.0700. The van der Waals surface area contributed by atoms with E-state index in [9.17, 15) is 32.7 Å². The minimum Gasteiger partial charge on any atom is -0.549 e. The molecule has 0 saturated carbocycles. The van der Waals surface area contributed by atoms with Gasteiger partial charge < -0.3 is 25.2 Å². The minimum absolute atomic E-state index is 0. The van der Waals surface area contributed by atoms with Gasteiger partial charge in [-0.1, -0.05) is 117 Å². The Morgan fingerprint density at radius 1 is 0.561 bits per heavy atom. The zero-order valence-corrected chi connectivity index (χ0v) is 28.3. The third-order valence-electron chi connectivity index (χ3n) is 5.97. The first-order valence-corrected chi connectivity index (χ1v) is 16.1. The van der Waals surface area contributed by atoms with Gasteiger partial charge in [-0.25, -0.2) is 0 Å². The largest absolute Gasteiger partial charge is 1.00 e. The van der Waals surface area contributed by atoms with Gasteiger partial charge in [-0.15, -0.1) is 0 Å². The van der Waals surface area contributed by atoms with Crippen molar-refractivity contribution in [3.05, 3.63) is 0 Å². The molecule has 0 radical (unpaired) electrons. The van der Waals surface area contributed by atoms with Gasteiger partial charge in [0.15, 0.2) is 0 Å². The molecule has 0 aliphatic carbocycles. The van der Waals surface area contributed by atoms with Crippen LogP contribution in [0, 0.1) is 0 Å². The van der Waals surface area contributed by atoms with E-state index in [-0.39, 0.29) is 29.6 Å². The van der Waals surface area contributed by atoms with E-state index >= 15 is 0 Å². The molecule has 13 heteroatoms. The molecular weight excluding hydrogens is 567 g/mol. The number of carboxylic acids is 4. The van der Waals surface area contributed by atoms with Gasteiger partial charge in [-0.05, 0) is 12.8 Å². The molecule has 4 N–H and O–H groups in total. The second-order valence-electron chi connectivity index (χ2n) is 9.86. The second-order valence-corrected chi connectivity index (χ2v) is 11.5. The topological polar surface area (TPSA) is 206 Å². The SMILES string of the molecule is CCCCCCCCCCCC(=O)O.CCCCCCCCCCCC(=O)O.O=C(O)CC(C(=O)[O-])S(=O)(=O)O.[Na+]. The first kappa shape index (κ1) is 46.7. The van der Waals surface area contributed by atoms with Crippen molar-refractivity contribution in [3.8, 4) is 0 Å². The Kier molecular flexibility index (Phi) is 38.0. The Bertz CT molecular complexity index is 726. The van der Waals surface area contributed by atoms with Crippen LogP contribution in [0.4, 0.5) is 0 Å². The molecule has 1 atom stereocenters. The fourth-order valence-corrected chi connectivity index (χ4v) is 4.24. The number of rotatable bonds is 24.